The van der Waals surface area contributed by atoms with Crippen molar-refractivity contribution in [2.75, 3.05) is 10.6 Å². The minimum atomic E-state index is -0.724. The number of anilines is 3. The molecule has 3 heterocycles. The molecule has 0 fully saturated rings. The summed E-state index contributed by atoms with van der Waals surface area (Å²) in [6.45, 7) is 10.3. The molecule has 0 radical (unpaired) electrons. The van der Waals surface area contributed by atoms with E-state index in [1.807, 2.05) is 19.1 Å². The number of halogens is 1. The van der Waals surface area contributed by atoms with Crippen LogP contribution in [0.3, 0.4) is 0 Å². The van der Waals surface area contributed by atoms with Crippen molar-refractivity contribution in [2.24, 2.45) is 5.73 Å². The molecule has 0 aliphatic carbocycles. The topological polar surface area (TPSA) is 115 Å². The molecule has 0 spiro atoms. The smallest absolute Gasteiger partial charge is 0.257 e. The van der Waals surface area contributed by atoms with E-state index < -0.39 is 17.6 Å². The molecule has 1 aliphatic heterocycles. The number of nitrogens with zero attached hydrogens (tertiary/aromatic N) is 3. The van der Waals surface area contributed by atoms with Gasteiger partial charge in [0, 0.05) is 29.1 Å². The molecule has 0 saturated heterocycles. The van der Waals surface area contributed by atoms with Crippen molar-refractivity contribution in [1.82, 2.24) is 14.8 Å². The molecule has 4 N–H and O–H groups in total. The molecule has 39 heavy (non-hydrogen) atoms. The number of aromatic nitrogens is 3. The van der Waals surface area contributed by atoms with E-state index in [9.17, 15) is 9.59 Å². The van der Waals surface area contributed by atoms with E-state index in [0.717, 1.165) is 16.9 Å². The zero-order valence-corrected chi connectivity index (χ0v) is 22.6. The SMILES string of the molecule is Cc1cccc(NC(=O)c2ccc(-c3nn4c(c3C(N)=O)Nc3ccc(C(C)(C)C)cc3CC4)c(F)c2C)n1. The van der Waals surface area contributed by atoms with Crippen molar-refractivity contribution in [3.05, 3.63) is 87.9 Å². The highest BCUT2D eigenvalue weighted by Crippen LogP contribution is 2.37. The maximum atomic E-state index is 15.8. The van der Waals surface area contributed by atoms with E-state index >= 15 is 4.39 Å². The summed E-state index contributed by atoms with van der Waals surface area (Å²) in [5, 5.41) is 10.6. The van der Waals surface area contributed by atoms with E-state index in [0.29, 0.717) is 24.6 Å². The van der Waals surface area contributed by atoms with Crippen LogP contribution in [-0.2, 0) is 18.4 Å². The molecule has 200 valence electrons. The summed E-state index contributed by atoms with van der Waals surface area (Å²) < 4.78 is 17.4. The minimum absolute atomic E-state index is 0.00449. The van der Waals surface area contributed by atoms with Crippen LogP contribution in [0, 0.1) is 19.7 Å². The summed E-state index contributed by atoms with van der Waals surface area (Å²) in [5.41, 5.74) is 10.3. The third-order valence-electron chi connectivity index (χ3n) is 7.03. The number of hydrogen-bond acceptors (Lipinski definition) is 5. The molecule has 0 saturated carbocycles. The number of carbonyl (C=O) groups is 2. The molecule has 9 heteroatoms. The van der Waals surface area contributed by atoms with Gasteiger partial charge in [-0.25, -0.2) is 14.1 Å². The van der Waals surface area contributed by atoms with Crippen molar-refractivity contribution in [3.8, 4) is 11.3 Å². The van der Waals surface area contributed by atoms with E-state index in [-0.39, 0.29) is 33.4 Å². The predicted octanol–water partition coefficient (Wildman–Crippen LogP) is 5.65. The Hall–Kier alpha value is -4.53. The number of nitrogens with two attached hydrogens (primary N) is 1. The van der Waals surface area contributed by atoms with Gasteiger partial charge in [0.2, 0.25) is 0 Å². The van der Waals surface area contributed by atoms with Crippen molar-refractivity contribution in [3.63, 3.8) is 0 Å². The van der Waals surface area contributed by atoms with Crippen molar-refractivity contribution >= 4 is 29.1 Å². The predicted molar refractivity (Wildman–Crippen MR) is 150 cm³/mol. The lowest BCUT2D eigenvalue weighted by atomic mass is 9.85. The van der Waals surface area contributed by atoms with Crippen LogP contribution in [0.25, 0.3) is 11.3 Å². The molecule has 2 amide bonds. The zero-order chi connectivity index (χ0) is 28.1. The Morgan fingerprint density at radius 3 is 2.56 bits per heavy atom. The monoisotopic (exact) mass is 526 g/mol. The number of benzene rings is 2. The molecule has 0 atom stereocenters. The fraction of sp³-hybridized carbons (Fsp3) is 0.267. The zero-order valence-electron chi connectivity index (χ0n) is 22.6. The van der Waals surface area contributed by atoms with Gasteiger partial charge in [0.25, 0.3) is 11.8 Å². The summed E-state index contributed by atoms with van der Waals surface area (Å²) in [5.74, 6) is -1.06. The van der Waals surface area contributed by atoms with Crippen LogP contribution < -0.4 is 16.4 Å². The number of amides is 2. The van der Waals surface area contributed by atoms with Gasteiger partial charge in [0.15, 0.2) is 0 Å². The highest BCUT2D eigenvalue weighted by Gasteiger charge is 2.29. The summed E-state index contributed by atoms with van der Waals surface area (Å²) in [6.07, 6.45) is 0.673. The first-order valence-corrected chi connectivity index (χ1v) is 12.8. The number of aryl methyl sites for hydroxylation is 3. The second-order valence-corrected chi connectivity index (χ2v) is 10.9. The molecular formula is C30H31FN6O2. The van der Waals surface area contributed by atoms with E-state index in [4.69, 9.17) is 5.73 Å². The fourth-order valence-electron chi connectivity index (χ4n) is 4.83. The molecule has 4 aromatic rings. The van der Waals surface area contributed by atoms with E-state index in [2.05, 4.69) is 53.6 Å². The number of pyridine rings is 1. The number of rotatable bonds is 4. The van der Waals surface area contributed by atoms with Crippen LogP contribution in [0.4, 0.5) is 21.7 Å². The second-order valence-electron chi connectivity index (χ2n) is 10.9. The summed E-state index contributed by atoms with van der Waals surface area (Å²) in [7, 11) is 0. The molecule has 8 nitrogen and oxygen atoms in total. The van der Waals surface area contributed by atoms with Crippen LogP contribution in [0.2, 0.25) is 0 Å². The number of primary amides is 1. The second kappa shape index (κ2) is 9.65. The van der Waals surface area contributed by atoms with Gasteiger partial charge in [-0.1, -0.05) is 39.0 Å². The molecule has 1 aliphatic rings. The maximum Gasteiger partial charge on any atom is 0.257 e. The lowest BCUT2D eigenvalue weighted by Crippen LogP contribution is -2.16. The Morgan fingerprint density at radius 2 is 1.87 bits per heavy atom. The normalized spacial score (nSPS) is 12.7. The van der Waals surface area contributed by atoms with Crippen LogP contribution in [0.5, 0.6) is 0 Å². The standard InChI is InChI=1S/C30H31FN6O2/c1-16-7-6-8-23(33-16)35-29(39)20-10-11-21(25(31)17(20)2)26-24(27(32)38)28-34-22-12-9-19(30(3,4)5)15-18(22)13-14-37(28)36-26/h6-12,15,34H,13-14H2,1-5H3,(H2,32,38)(H,33,35,39). The average molecular weight is 527 g/mol. The summed E-state index contributed by atoms with van der Waals surface area (Å²) in [6, 6.07) is 14.4. The first-order chi connectivity index (χ1) is 18.4. The maximum absolute atomic E-state index is 15.8. The molecule has 2 aromatic heterocycles. The van der Waals surface area contributed by atoms with Crippen molar-refractivity contribution in [2.45, 2.75) is 53.0 Å². The van der Waals surface area contributed by atoms with Crippen LogP contribution in [0.15, 0.2) is 48.5 Å². The lowest BCUT2D eigenvalue weighted by Gasteiger charge is -2.21. The van der Waals surface area contributed by atoms with Gasteiger partial charge in [0.05, 0.1) is 0 Å². The largest absolute Gasteiger partial charge is 0.365 e. The first-order valence-electron chi connectivity index (χ1n) is 12.8. The van der Waals surface area contributed by atoms with Gasteiger partial charge in [-0.15, -0.1) is 0 Å². The average Bonchev–Trinajstić information content (AvgIpc) is 3.12. The molecule has 0 unspecified atom stereocenters. The Labute approximate surface area is 226 Å². The summed E-state index contributed by atoms with van der Waals surface area (Å²) >= 11 is 0. The molecule has 2 aromatic carbocycles. The first kappa shape index (κ1) is 26.1. The fourth-order valence-corrected chi connectivity index (χ4v) is 4.83. The Bertz CT molecular complexity index is 1630. The van der Waals surface area contributed by atoms with Gasteiger partial charge in [-0.05, 0) is 72.7 Å². The van der Waals surface area contributed by atoms with E-state index in [1.165, 1.54) is 24.6 Å². The van der Waals surface area contributed by atoms with E-state index in [1.54, 1.807) is 16.8 Å². The van der Waals surface area contributed by atoms with Gasteiger partial charge < -0.3 is 16.4 Å². The summed E-state index contributed by atoms with van der Waals surface area (Å²) in [4.78, 5) is 29.8. The van der Waals surface area contributed by atoms with Crippen LogP contribution in [-0.4, -0.2) is 26.6 Å². The number of carbonyl (C=O) groups excluding carboxylic acids is 2. The lowest BCUT2D eigenvalue weighted by molar-refractivity contribution is 0.0998. The highest BCUT2D eigenvalue weighted by atomic mass is 19.1. The number of nitrogens with one attached hydrogen (secondary N) is 2. The highest BCUT2D eigenvalue weighted by molar-refractivity contribution is 6.07. The van der Waals surface area contributed by atoms with Crippen molar-refractivity contribution < 1.29 is 14.0 Å². The van der Waals surface area contributed by atoms with Gasteiger partial charge in [-0.3, -0.25) is 9.59 Å². The Balaban J connectivity index is 1.52. The Morgan fingerprint density at radius 1 is 1.10 bits per heavy atom. The van der Waals surface area contributed by atoms with Gasteiger partial charge in [-0.2, -0.15) is 5.10 Å². The van der Waals surface area contributed by atoms with Gasteiger partial charge in [0.1, 0.15) is 28.7 Å². The number of fused-ring (bicyclic) bond motifs is 2. The molecular weight excluding hydrogens is 495 g/mol. The van der Waals surface area contributed by atoms with Crippen molar-refractivity contribution in [1.29, 1.82) is 0 Å². The molecule has 5 rings (SSSR count). The van der Waals surface area contributed by atoms with Gasteiger partial charge >= 0.3 is 0 Å². The Kier molecular flexibility index (Phi) is 6.46. The third kappa shape index (κ3) is 4.87. The third-order valence-corrected chi connectivity index (χ3v) is 7.03. The number of hydrogen-bond donors (Lipinski definition) is 3. The van der Waals surface area contributed by atoms with Crippen LogP contribution in [0.1, 0.15) is 63.9 Å². The quantitative estimate of drug-likeness (QED) is 0.318. The minimum Gasteiger partial charge on any atom is -0.365 e. The molecule has 0 bridgehead atoms. The van der Waals surface area contributed by atoms with Crippen LogP contribution >= 0.6 is 0 Å².